The van der Waals surface area contributed by atoms with E-state index in [0.29, 0.717) is 0 Å². The number of nitrogens with two attached hydrogens (primary N) is 1. The van der Waals surface area contributed by atoms with Crippen LogP contribution in [-0.2, 0) is 16.6 Å². The fraction of sp³-hybridized carbons (Fsp3) is 0.200. The summed E-state index contributed by atoms with van der Waals surface area (Å²) in [6.45, 7) is 0.287. The summed E-state index contributed by atoms with van der Waals surface area (Å²) in [5.41, 5.74) is 6.25. The van der Waals surface area contributed by atoms with Crippen molar-refractivity contribution in [1.82, 2.24) is 14.3 Å². The Labute approximate surface area is 123 Å². The molecular weight excluding hydrogens is 352 g/mol. The molecule has 0 spiro atoms. The lowest BCUT2D eigenvalue weighted by atomic mass is 10.3. The van der Waals surface area contributed by atoms with E-state index in [1.54, 1.807) is 0 Å². The molecule has 6 nitrogen and oxygen atoms in total. The Morgan fingerprint density at radius 1 is 1.42 bits per heavy atom. The van der Waals surface area contributed by atoms with Crippen LogP contribution in [0.2, 0.25) is 0 Å². The van der Waals surface area contributed by atoms with Gasteiger partial charge < -0.3 is 5.73 Å². The molecule has 0 fully saturated rings. The third-order valence-corrected chi connectivity index (χ3v) is 5.69. The molecule has 0 saturated carbocycles. The van der Waals surface area contributed by atoms with Crippen molar-refractivity contribution in [1.29, 1.82) is 0 Å². The third kappa shape index (κ3) is 3.30. The number of nitrogen functional groups attached to an aromatic ring is 1. The number of thiophene rings is 1. The van der Waals surface area contributed by atoms with E-state index < -0.39 is 10.0 Å². The van der Waals surface area contributed by atoms with Gasteiger partial charge in [-0.1, -0.05) is 0 Å². The predicted molar refractivity (Wildman–Crippen MR) is 77.1 cm³/mol. The number of nitrogens with zero attached hydrogens (tertiary/aromatic N) is 3. The molecule has 0 aromatic carbocycles. The van der Waals surface area contributed by atoms with Crippen molar-refractivity contribution >= 4 is 43.2 Å². The Bertz CT molecular complexity index is 669. The summed E-state index contributed by atoms with van der Waals surface area (Å²) in [4.78, 5) is 7.42. The van der Waals surface area contributed by atoms with Gasteiger partial charge in [-0.25, -0.2) is 18.4 Å². The van der Waals surface area contributed by atoms with E-state index >= 15 is 0 Å². The number of anilines is 1. The minimum atomic E-state index is -3.60. The number of aromatic nitrogens is 2. The van der Waals surface area contributed by atoms with Gasteiger partial charge in [-0.15, -0.1) is 11.3 Å². The molecular formula is C10H11BrN4O2S2. The topological polar surface area (TPSA) is 89.2 Å². The number of halogens is 1. The van der Waals surface area contributed by atoms with Gasteiger partial charge in [0.25, 0.3) is 0 Å². The summed E-state index contributed by atoms with van der Waals surface area (Å²) < 4.78 is 26.7. The van der Waals surface area contributed by atoms with E-state index in [9.17, 15) is 8.42 Å². The normalized spacial score (nSPS) is 11.9. The lowest BCUT2D eigenvalue weighted by molar-refractivity contribution is 0.466. The minimum Gasteiger partial charge on any atom is -0.368 e. The monoisotopic (exact) mass is 362 g/mol. The smallest absolute Gasteiger partial charge is 0.246 e. The number of hydrogen-bond donors (Lipinski definition) is 1. The second-order valence-electron chi connectivity index (χ2n) is 3.80. The number of hydrogen-bond acceptors (Lipinski definition) is 6. The van der Waals surface area contributed by atoms with Crippen LogP contribution in [0.3, 0.4) is 0 Å². The Morgan fingerprint density at radius 3 is 2.58 bits per heavy atom. The maximum absolute atomic E-state index is 12.3. The highest BCUT2D eigenvalue weighted by Gasteiger charge is 2.22. The molecule has 2 rings (SSSR count). The number of rotatable bonds is 4. The Hall–Kier alpha value is -1.03. The first kappa shape index (κ1) is 14.4. The molecule has 2 aromatic rings. The van der Waals surface area contributed by atoms with Crippen LogP contribution in [0.4, 0.5) is 5.95 Å². The van der Waals surface area contributed by atoms with E-state index in [4.69, 9.17) is 5.73 Å². The van der Waals surface area contributed by atoms with Gasteiger partial charge in [-0.2, -0.15) is 4.31 Å². The molecule has 0 bridgehead atoms. The largest absolute Gasteiger partial charge is 0.368 e. The highest BCUT2D eigenvalue weighted by atomic mass is 79.9. The van der Waals surface area contributed by atoms with E-state index in [2.05, 4.69) is 25.9 Å². The maximum Gasteiger partial charge on any atom is 0.246 e. The summed E-state index contributed by atoms with van der Waals surface area (Å²) in [7, 11) is -2.09. The summed E-state index contributed by atoms with van der Waals surface area (Å²) in [5.74, 6) is 0.0448. The molecule has 9 heteroatoms. The molecule has 0 aliphatic carbocycles. The van der Waals surface area contributed by atoms with Gasteiger partial charge in [0.05, 0.1) is 16.2 Å². The van der Waals surface area contributed by atoms with Crippen molar-refractivity contribution in [2.75, 3.05) is 12.8 Å². The van der Waals surface area contributed by atoms with Gasteiger partial charge in [0, 0.05) is 13.6 Å². The highest BCUT2D eigenvalue weighted by molar-refractivity contribution is 9.11. The zero-order valence-corrected chi connectivity index (χ0v) is 13.2. The first-order chi connectivity index (χ1) is 8.89. The molecule has 0 aliphatic rings. The van der Waals surface area contributed by atoms with Crippen LogP contribution in [0, 0.1) is 0 Å². The van der Waals surface area contributed by atoms with Crippen molar-refractivity contribution in [3.05, 3.63) is 33.2 Å². The van der Waals surface area contributed by atoms with Gasteiger partial charge >= 0.3 is 0 Å². The predicted octanol–water partition coefficient (Wildman–Crippen LogP) is 1.70. The molecule has 0 radical (unpaired) electrons. The van der Waals surface area contributed by atoms with Crippen LogP contribution < -0.4 is 5.73 Å². The maximum atomic E-state index is 12.3. The molecule has 2 heterocycles. The minimum absolute atomic E-state index is 0.0264. The summed E-state index contributed by atoms with van der Waals surface area (Å²) in [6, 6.07) is 1.89. The van der Waals surface area contributed by atoms with E-state index in [-0.39, 0.29) is 17.4 Å². The van der Waals surface area contributed by atoms with E-state index in [0.717, 1.165) is 9.35 Å². The van der Waals surface area contributed by atoms with Crippen LogP contribution in [0.25, 0.3) is 0 Å². The third-order valence-electron chi connectivity index (χ3n) is 2.38. The highest BCUT2D eigenvalue weighted by Crippen LogP contribution is 2.23. The van der Waals surface area contributed by atoms with Crippen LogP contribution in [0.5, 0.6) is 0 Å². The van der Waals surface area contributed by atoms with Gasteiger partial charge in [0.15, 0.2) is 0 Å². The Kier molecular flexibility index (Phi) is 4.19. The average molecular weight is 363 g/mol. The Balaban J connectivity index is 2.21. The standard InChI is InChI=1S/C10H11BrN4O2S2/c1-15(5-7-2-9(11)18-6-7)19(16,17)8-3-13-10(12)14-4-8/h2-4,6H,5H2,1H3,(H2,12,13,14). The van der Waals surface area contributed by atoms with Crippen molar-refractivity contribution in [3.63, 3.8) is 0 Å². The first-order valence-electron chi connectivity index (χ1n) is 5.16. The van der Waals surface area contributed by atoms with Gasteiger partial charge in [0.2, 0.25) is 16.0 Å². The summed E-state index contributed by atoms with van der Waals surface area (Å²) in [5, 5.41) is 1.90. The molecule has 0 saturated heterocycles. The van der Waals surface area contributed by atoms with E-state index in [1.165, 1.54) is 35.1 Å². The summed E-state index contributed by atoms with van der Waals surface area (Å²) in [6.07, 6.45) is 2.41. The van der Waals surface area contributed by atoms with Crippen LogP contribution in [-0.4, -0.2) is 29.7 Å². The Morgan fingerprint density at radius 2 is 2.05 bits per heavy atom. The molecule has 19 heavy (non-hydrogen) atoms. The van der Waals surface area contributed by atoms with Crippen LogP contribution >= 0.6 is 27.3 Å². The molecule has 102 valence electrons. The lowest BCUT2D eigenvalue weighted by Crippen LogP contribution is -2.26. The average Bonchev–Trinajstić information content (AvgIpc) is 2.75. The van der Waals surface area contributed by atoms with Gasteiger partial charge in [-0.05, 0) is 32.9 Å². The molecule has 0 aliphatic heterocycles. The molecule has 2 N–H and O–H groups in total. The van der Waals surface area contributed by atoms with E-state index in [1.807, 2.05) is 11.4 Å². The quantitative estimate of drug-likeness (QED) is 0.893. The SMILES string of the molecule is CN(Cc1csc(Br)c1)S(=O)(=O)c1cnc(N)nc1. The van der Waals surface area contributed by atoms with Crippen molar-refractivity contribution in [3.8, 4) is 0 Å². The van der Waals surface area contributed by atoms with Crippen LogP contribution in [0.15, 0.2) is 32.5 Å². The molecule has 0 amide bonds. The molecule has 0 unspecified atom stereocenters. The molecule has 2 aromatic heterocycles. The second-order valence-corrected chi connectivity index (χ2v) is 8.13. The van der Waals surface area contributed by atoms with Crippen molar-refractivity contribution in [2.45, 2.75) is 11.4 Å². The lowest BCUT2D eigenvalue weighted by Gasteiger charge is -2.15. The fourth-order valence-electron chi connectivity index (χ4n) is 1.41. The molecule has 0 atom stereocenters. The van der Waals surface area contributed by atoms with Crippen molar-refractivity contribution in [2.24, 2.45) is 0 Å². The van der Waals surface area contributed by atoms with Crippen LogP contribution in [0.1, 0.15) is 5.56 Å². The first-order valence-corrected chi connectivity index (χ1v) is 8.27. The van der Waals surface area contributed by atoms with Gasteiger partial charge in [-0.3, -0.25) is 0 Å². The zero-order valence-electron chi connectivity index (χ0n) is 9.95. The summed E-state index contributed by atoms with van der Waals surface area (Å²) >= 11 is 4.85. The number of sulfonamides is 1. The van der Waals surface area contributed by atoms with Gasteiger partial charge in [0.1, 0.15) is 4.90 Å². The zero-order chi connectivity index (χ0) is 14.0. The van der Waals surface area contributed by atoms with Crippen molar-refractivity contribution < 1.29 is 8.42 Å². The second kappa shape index (κ2) is 5.53. The fourth-order valence-corrected chi connectivity index (χ4v) is 3.66.